The van der Waals surface area contributed by atoms with Crippen LogP contribution in [0.3, 0.4) is 0 Å². The molecule has 98 valence electrons. The van der Waals surface area contributed by atoms with Crippen molar-refractivity contribution in [1.82, 2.24) is 10.2 Å². The number of hydrogen-bond acceptors (Lipinski definition) is 4. The summed E-state index contributed by atoms with van der Waals surface area (Å²) in [4.78, 5) is 11.7. The Labute approximate surface area is 112 Å². The van der Waals surface area contributed by atoms with Gasteiger partial charge in [-0.05, 0) is 24.1 Å². The van der Waals surface area contributed by atoms with Gasteiger partial charge in [0.2, 0.25) is 0 Å². The Hall–Kier alpha value is -2.23. The Bertz CT molecular complexity index is 475. The molecular formula is C15H16N2O2. The van der Waals surface area contributed by atoms with Gasteiger partial charge >= 0.3 is 5.97 Å². The fraction of sp³-hybridized carbons (Fsp3) is 0.267. The molecule has 4 heteroatoms. The molecule has 4 nitrogen and oxygen atoms in total. The summed E-state index contributed by atoms with van der Waals surface area (Å²) in [5, 5.41) is 7.65. The van der Waals surface area contributed by atoms with Gasteiger partial charge in [-0.2, -0.15) is 10.2 Å². The summed E-state index contributed by atoms with van der Waals surface area (Å²) in [5.74, 6) is -0.246. The van der Waals surface area contributed by atoms with Gasteiger partial charge in [-0.1, -0.05) is 30.3 Å². The molecule has 1 aromatic carbocycles. The lowest BCUT2D eigenvalue weighted by molar-refractivity contribution is -0.143. The number of benzene rings is 1. The van der Waals surface area contributed by atoms with Gasteiger partial charge in [-0.3, -0.25) is 4.79 Å². The molecule has 2 aromatic rings. The smallest absolute Gasteiger partial charge is 0.306 e. The molecule has 0 spiro atoms. The summed E-state index contributed by atoms with van der Waals surface area (Å²) in [6.07, 6.45) is 3.64. The first kappa shape index (κ1) is 13.2. The predicted octanol–water partition coefficient (Wildman–Crippen LogP) is 2.56. The van der Waals surface area contributed by atoms with Crippen LogP contribution < -0.4 is 0 Å². The van der Waals surface area contributed by atoms with Crippen LogP contribution in [0, 0.1) is 0 Å². The monoisotopic (exact) mass is 256 g/mol. The second-order valence-electron chi connectivity index (χ2n) is 4.15. The third-order valence-corrected chi connectivity index (χ3v) is 2.89. The molecule has 1 aromatic heterocycles. The van der Waals surface area contributed by atoms with E-state index in [2.05, 4.69) is 10.2 Å². The number of nitrogens with zero attached hydrogens (tertiary/aromatic N) is 2. The van der Waals surface area contributed by atoms with Crippen LogP contribution in [0.25, 0.3) is 0 Å². The zero-order valence-corrected chi connectivity index (χ0v) is 10.8. The molecule has 1 atom stereocenters. The standard InChI is InChI=1S/C15H16N2O2/c1-2-19-15(18)10-14(12-6-4-3-5-7-12)13-8-9-16-17-11-13/h3-9,11,14H,2,10H2,1H3/t14-/m1/s1. The summed E-state index contributed by atoms with van der Waals surface area (Å²) >= 11 is 0. The molecule has 0 unspecified atom stereocenters. The third kappa shape index (κ3) is 3.61. The highest BCUT2D eigenvalue weighted by Gasteiger charge is 2.19. The molecule has 0 amide bonds. The van der Waals surface area contributed by atoms with E-state index in [9.17, 15) is 4.79 Å². The van der Waals surface area contributed by atoms with E-state index in [0.29, 0.717) is 13.0 Å². The zero-order chi connectivity index (χ0) is 13.5. The van der Waals surface area contributed by atoms with Crippen LogP contribution >= 0.6 is 0 Å². The van der Waals surface area contributed by atoms with Crippen LogP contribution in [0.4, 0.5) is 0 Å². The molecule has 0 aliphatic heterocycles. The Kier molecular flexibility index (Phi) is 4.61. The van der Waals surface area contributed by atoms with Crippen molar-refractivity contribution in [2.75, 3.05) is 6.61 Å². The van der Waals surface area contributed by atoms with Crippen LogP contribution in [0.5, 0.6) is 0 Å². The lowest BCUT2D eigenvalue weighted by Crippen LogP contribution is -2.12. The molecule has 0 saturated carbocycles. The summed E-state index contributed by atoms with van der Waals surface area (Å²) in [6.45, 7) is 2.21. The minimum absolute atomic E-state index is 0.0456. The van der Waals surface area contributed by atoms with Gasteiger partial charge in [0, 0.05) is 12.1 Å². The van der Waals surface area contributed by atoms with E-state index < -0.39 is 0 Å². The molecule has 19 heavy (non-hydrogen) atoms. The maximum absolute atomic E-state index is 11.7. The van der Waals surface area contributed by atoms with Crippen LogP contribution in [-0.4, -0.2) is 22.8 Å². The molecule has 0 N–H and O–H groups in total. The van der Waals surface area contributed by atoms with Crippen molar-refractivity contribution in [3.8, 4) is 0 Å². The van der Waals surface area contributed by atoms with Gasteiger partial charge in [0.15, 0.2) is 0 Å². The lowest BCUT2D eigenvalue weighted by Gasteiger charge is -2.16. The largest absolute Gasteiger partial charge is 0.466 e. The van der Waals surface area contributed by atoms with E-state index in [-0.39, 0.29) is 11.9 Å². The molecule has 0 aliphatic carbocycles. The zero-order valence-electron chi connectivity index (χ0n) is 10.8. The van der Waals surface area contributed by atoms with E-state index in [0.717, 1.165) is 11.1 Å². The Morgan fingerprint density at radius 3 is 2.58 bits per heavy atom. The summed E-state index contributed by atoms with van der Waals surface area (Å²) in [7, 11) is 0. The van der Waals surface area contributed by atoms with Crippen LogP contribution in [-0.2, 0) is 9.53 Å². The number of rotatable bonds is 5. The number of hydrogen-bond donors (Lipinski definition) is 0. The van der Waals surface area contributed by atoms with Crippen molar-refractivity contribution in [2.24, 2.45) is 0 Å². The van der Waals surface area contributed by atoms with Crippen molar-refractivity contribution < 1.29 is 9.53 Å². The maximum atomic E-state index is 11.7. The van der Waals surface area contributed by atoms with Gasteiger partial charge < -0.3 is 4.74 Å². The van der Waals surface area contributed by atoms with Crippen molar-refractivity contribution in [1.29, 1.82) is 0 Å². The summed E-state index contributed by atoms with van der Waals surface area (Å²) < 4.78 is 5.04. The molecule has 0 aliphatic rings. The molecule has 0 bridgehead atoms. The molecule has 0 radical (unpaired) electrons. The quantitative estimate of drug-likeness (QED) is 0.771. The average Bonchev–Trinajstić information content (AvgIpc) is 2.47. The van der Waals surface area contributed by atoms with Crippen molar-refractivity contribution >= 4 is 5.97 Å². The van der Waals surface area contributed by atoms with Gasteiger partial charge in [0.25, 0.3) is 0 Å². The number of aromatic nitrogens is 2. The second kappa shape index (κ2) is 6.64. The van der Waals surface area contributed by atoms with Gasteiger partial charge in [-0.25, -0.2) is 0 Å². The highest BCUT2D eigenvalue weighted by molar-refractivity contribution is 5.71. The molecular weight excluding hydrogens is 240 g/mol. The second-order valence-corrected chi connectivity index (χ2v) is 4.15. The normalized spacial score (nSPS) is 11.8. The third-order valence-electron chi connectivity index (χ3n) is 2.89. The average molecular weight is 256 g/mol. The van der Waals surface area contributed by atoms with E-state index >= 15 is 0 Å². The van der Waals surface area contributed by atoms with Gasteiger partial charge in [0.1, 0.15) is 0 Å². The predicted molar refractivity (Wildman–Crippen MR) is 71.6 cm³/mol. The molecule has 1 heterocycles. The van der Waals surface area contributed by atoms with Crippen molar-refractivity contribution in [3.05, 3.63) is 59.9 Å². The Morgan fingerprint density at radius 1 is 1.16 bits per heavy atom. The fourth-order valence-electron chi connectivity index (χ4n) is 2.01. The summed E-state index contributed by atoms with van der Waals surface area (Å²) in [5.41, 5.74) is 2.04. The van der Waals surface area contributed by atoms with Gasteiger partial charge in [0.05, 0.1) is 19.2 Å². The van der Waals surface area contributed by atoms with Crippen LogP contribution in [0.1, 0.15) is 30.4 Å². The van der Waals surface area contributed by atoms with Gasteiger partial charge in [-0.15, -0.1) is 0 Å². The van der Waals surface area contributed by atoms with Crippen molar-refractivity contribution in [2.45, 2.75) is 19.3 Å². The highest BCUT2D eigenvalue weighted by atomic mass is 16.5. The lowest BCUT2D eigenvalue weighted by atomic mass is 9.90. The first-order valence-electron chi connectivity index (χ1n) is 6.28. The minimum Gasteiger partial charge on any atom is -0.466 e. The number of carbonyl (C=O) groups excluding carboxylic acids is 1. The maximum Gasteiger partial charge on any atom is 0.306 e. The number of carbonyl (C=O) groups is 1. The number of ether oxygens (including phenoxy) is 1. The van der Waals surface area contributed by atoms with E-state index in [1.165, 1.54) is 0 Å². The Morgan fingerprint density at radius 2 is 1.95 bits per heavy atom. The van der Waals surface area contributed by atoms with E-state index in [4.69, 9.17) is 4.74 Å². The topological polar surface area (TPSA) is 52.1 Å². The van der Waals surface area contributed by atoms with Crippen LogP contribution in [0.15, 0.2) is 48.8 Å². The molecule has 0 fully saturated rings. The summed E-state index contributed by atoms with van der Waals surface area (Å²) in [6, 6.07) is 11.8. The van der Waals surface area contributed by atoms with Crippen molar-refractivity contribution in [3.63, 3.8) is 0 Å². The van der Waals surface area contributed by atoms with E-state index in [1.807, 2.05) is 43.3 Å². The highest BCUT2D eigenvalue weighted by Crippen LogP contribution is 2.27. The first-order valence-corrected chi connectivity index (χ1v) is 6.28. The number of esters is 1. The minimum atomic E-state index is -0.201. The first-order chi connectivity index (χ1) is 9.31. The SMILES string of the molecule is CCOC(=O)C[C@H](c1ccccc1)c1ccnnc1. The van der Waals surface area contributed by atoms with E-state index in [1.54, 1.807) is 12.4 Å². The molecule has 2 rings (SSSR count). The fourth-order valence-corrected chi connectivity index (χ4v) is 2.01. The Balaban J connectivity index is 2.26. The molecule has 0 saturated heterocycles. The van der Waals surface area contributed by atoms with Crippen LogP contribution in [0.2, 0.25) is 0 Å².